The standard InChI is InChI=1S/C16H28N4O2/c1-5-20(6-2)11-13-22-12-10-18-16(21)14-8-7-9-17-15(14)19(3)4/h7-9H,5-6,10-13H2,1-4H3,(H,18,21). The van der Waals surface area contributed by atoms with Crippen LogP contribution in [0.1, 0.15) is 24.2 Å². The number of carbonyl (C=O) groups excluding carboxylic acids is 1. The van der Waals surface area contributed by atoms with Gasteiger partial charge in [0.1, 0.15) is 5.82 Å². The van der Waals surface area contributed by atoms with Crippen LogP contribution in [-0.2, 0) is 4.74 Å². The molecule has 0 fully saturated rings. The lowest BCUT2D eigenvalue weighted by atomic mass is 10.2. The van der Waals surface area contributed by atoms with Gasteiger partial charge in [0.15, 0.2) is 0 Å². The van der Waals surface area contributed by atoms with Gasteiger partial charge in [-0.2, -0.15) is 0 Å². The predicted octanol–water partition coefficient (Wildman–Crippen LogP) is 1.24. The summed E-state index contributed by atoms with van der Waals surface area (Å²) in [7, 11) is 3.74. The van der Waals surface area contributed by atoms with Crippen LogP contribution >= 0.6 is 0 Å². The van der Waals surface area contributed by atoms with Crippen LogP contribution in [0.2, 0.25) is 0 Å². The molecule has 1 N–H and O–H groups in total. The topological polar surface area (TPSA) is 57.7 Å². The van der Waals surface area contributed by atoms with Crippen LogP contribution in [0.15, 0.2) is 18.3 Å². The second-order valence-electron chi connectivity index (χ2n) is 5.16. The Kier molecular flexibility index (Phi) is 8.47. The molecule has 1 heterocycles. The van der Waals surface area contributed by atoms with Crippen molar-refractivity contribution in [1.82, 2.24) is 15.2 Å². The number of rotatable bonds is 10. The molecule has 1 rings (SSSR count). The summed E-state index contributed by atoms with van der Waals surface area (Å²) in [6, 6.07) is 3.54. The van der Waals surface area contributed by atoms with Crippen LogP contribution in [-0.4, -0.2) is 69.3 Å². The first-order valence-corrected chi connectivity index (χ1v) is 7.80. The average Bonchev–Trinajstić information content (AvgIpc) is 2.54. The predicted molar refractivity (Wildman–Crippen MR) is 89.5 cm³/mol. The zero-order valence-corrected chi connectivity index (χ0v) is 14.1. The molecule has 1 aromatic heterocycles. The normalized spacial score (nSPS) is 10.8. The Balaban J connectivity index is 2.30. The molecule has 1 aromatic rings. The van der Waals surface area contributed by atoms with Crippen molar-refractivity contribution in [2.75, 3.05) is 58.4 Å². The van der Waals surface area contributed by atoms with Crippen molar-refractivity contribution in [2.45, 2.75) is 13.8 Å². The van der Waals surface area contributed by atoms with Gasteiger partial charge in [0, 0.05) is 33.4 Å². The number of hydrogen-bond donors (Lipinski definition) is 1. The van der Waals surface area contributed by atoms with E-state index in [9.17, 15) is 4.79 Å². The summed E-state index contributed by atoms with van der Waals surface area (Å²) < 4.78 is 5.55. The molecule has 22 heavy (non-hydrogen) atoms. The Labute approximate surface area is 133 Å². The summed E-state index contributed by atoms with van der Waals surface area (Å²) in [5.74, 6) is 0.548. The summed E-state index contributed by atoms with van der Waals surface area (Å²) in [6.07, 6.45) is 1.68. The molecule has 6 nitrogen and oxygen atoms in total. The van der Waals surface area contributed by atoms with Crippen LogP contribution in [0.4, 0.5) is 5.82 Å². The number of nitrogens with zero attached hydrogens (tertiary/aromatic N) is 3. The van der Waals surface area contributed by atoms with E-state index in [1.54, 1.807) is 18.3 Å². The molecule has 6 heteroatoms. The van der Waals surface area contributed by atoms with E-state index in [4.69, 9.17) is 4.74 Å². The summed E-state index contributed by atoms with van der Waals surface area (Å²) in [6.45, 7) is 8.97. The number of ether oxygens (including phenoxy) is 1. The van der Waals surface area contributed by atoms with Gasteiger partial charge in [-0.1, -0.05) is 13.8 Å². The van der Waals surface area contributed by atoms with Gasteiger partial charge in [0.2, 0.25) is 0 Å². The van der Waals surface area contributed by atoms with Gasteiger partial charge in [-0.15, -0.1) is 0 Å². The van der Waals surface area contributed by atoms with Gasteiger partial charge >= 0.3 is 0 Å². The fraction of sp³-hybridized carbons (Fsp3) is 0.625. The molecule has 0 aromatic carbocycles. The van der Waals surface area contributed by atoms with Gasteiger partial charge in [0.05, 0.1) is 18.8 Å². The summed E-state index contributed by atoms with van der Waals surface area (Å²) in [5, 5.41) is 2.87. The number of anilines is 1. The highest BCUT2D eigenvalue weighted by Gasteiger charge is 2.12. The first-order valence-electron chi connectivity index (χ1n) is 7.80. The molecular formula is C16H28N4O2. The van der Waals surface area contributed by atoms with E-state index in [2.05, 4.69) is 29.0 Å². The van der Waals surface area contributed by atoms with Crippen molar-refractivity contribution >= 4 is 11.7 Å². The molecule has 0 saturated carbocycles. The van der Waals surface area contributed by atoms with Gasteiger partial charge in [-0.25, -0.2) is 4.98 Å². The molecule has 0 bridgehead atoms. The third-order valence-electron chi connectivity index (χ3n) is 3.43. The van der Waals surface area contributed by atoms with Crippen LogP contribution < -0.4 is 10.2 Å². The summed E-state index contributed by atoms with van der Waals surface area (Å²) >= 11 is 0. The fourth-order valence-corrected chi connectivity index (χ4v) is 2.10. The maximum Gasteiger partial charge on any atom is 0.255 e. The van der Waals surface area contributed by atoms with Gasteiger partial charge < -0.3 is 19.9 Å². The molecule has 0 spiro atoms. The van der Waals surface area contributed by atoms with Crippen molar-refractivity contribution in [3.8, 4) is 0 Å². The SMILES string of the molecule is CCN(CC)CCOCCNC(=O)c1cccnc1N(C)C. The van der Waals surface area contributed by atoms with Crippen LogP contribution in [0.5, 0.6) is 0 Å². The maximum absolute atomic E-state index is 12.2. The molecular weight excluding hydrogens is 280 g/mol. The summed E-state index contributed by atoms with van der Waals surface area (Å²) in [4.78, 5) is 20.5. The highest BCUT2D eigenvalue weighted by Crippen LogP contribution is 2.13. The largest absolute Gasteiger partial charge is 0.378 e. The van der Waals surface area contributed by atoms with Crippen molar-refractivity contribution in [2.24, 2.45) is 0 Å². The molecule has 0 aliphatic heterocycles. The number of hydrogen-bond acceptors (Lipinski definition) is 5. The zero-order chi connectivity index (χ0) is 16.4. The smallest absolute Gasteiger partial charge is 0.255 e. The van der Waals surface area contributed by atoms with Crippen molar-refractivity contribution in [3.05, 3.63) is 23.9 Å². The van der Waals surface area contributed by atoms with E-state index in [1.165, 1.54) is 0 Å². The monoisotopic (exact) mass is 308 g/mol. The van der Waals surface area contributed by atoms with Gasteiger partial charge in [0.25, 0.3) is 5.91 Å². The molecule has 0 saturated heterocycles. The molecule has 0 aliphatic rings. The second-order valence-corrected chi connectivity index (χ2v) is 5.16. The zero-order valence-electron chi connectivity index (χ0n) is 14.1. The fourth-order valence-electron chi connectivity index (χ4n) is 2.10. The molecule has 0 radical (unpaired) electrons. The van der Waals surface area contributed by atoms with Crippen molar-refractivity contribution in [3.63, 3.8) is 0 Å². The Hall–Kier alpha value is -1.66. The van der Waals surface area contributed by atoms with E-state index in [1.807, 2.05) is 19.0 Å². The summed E-state index contributed by atoms with van der Waals surface area (Å²) in [5.41, 5.74) is 0.579. The number of carbonyl (C=O) groups is 1. The van der Waals surface area contributed by atoms with E-state index in [-0.39, 0.29) is 5.91 Å². The molecule has 0 atom stereocenters. The number of amides is 1. The second kappa shape index (κ2) is 10.1. The molecule has 124 valence electrons. The van der Waals surface area contributed by atoms with Gasteiger partial charge in [-0.3, -0.25) is 4.79 Å². The number of pyridine rings is 1. The number of aromatic nitrogens is 1. The third kappa shape index (κ3) is 5.99. The Morgan fingerprint density at radius 3 is 2.64 bits per heavy atom. The minimum atomic E-state index is -0.121. The number of nitrogens with one attached hydrogen (secondary N) is 1. The molecule has 1 amide bonds. The molecule has 0 unspecified atom stereocenters. The van der Waals surface area contributed by atoms with Crippen LogP contribution in [0, 0.1) is 0 Å². The lowest BCUT2D eigenvalue weighted by Crippen LogP contribution is -2.31. The van der Waals surface area contributed by atoms with E-state index in [0.717, 1.165) is 19.6 Å². The van der Waals surface area contributed by atoms with E-state index in [0.29, 0.717) is 31.1 Å². The van der Waals surface area contributed by atoms with E-state index < -0.39 is 0 Å². The minimum Gasteiger partial charge on any atom is -0.378 e. The third-order valence-corrected chi connectivity index (χ3v) is 3.43. The first-order chi connectivity index (χ1) is 10.6. The highest BCUT2D eigenvalue weighted by molar-refractivity contribution is 5.98. The Morgan fingerprint density at radius 2 is 2.00 bits per heavy atom. The maximum atomic E-state index is 12.2. The minimum absolute atomic E-state index is 0.121. The molecule has 0 aliphatic carbocycles. The first kappa shape index (κ1) is 18.4. The van der Waals surface area contributed by atoms with Gasteiger partial charge in [-0.05, 0) is 25.2 Å². The Morgan fingerprint density at radius 1 is 1.27 bits per heavy atom. The highest BCUT2D eigenvalue weighted by atomic mass is 16.5. The quantitative estimate of drug-likeness (QED) is 0.659. The van der Waals surface area contributed by atoms with Crippen molar-refractivity contribution < 1.29 is 9.53 Å². The van der Waals surface area contributed by atoms with E-state index >= 15 is 0 Å². The Bertz CT molecular complexity index is 448. The number of likely N-dealkylation sites (N-methyl/N-ethyl adjacent to an activating group) is 1. The average molecular weight is 308 g/mol. The lowest BCUT2D eigenvalue weighted by molar-refractivity contribution is 0.0884. The van der Waals surface area contributed by atoms with Crippen LogP contribution in [0.25, 0.3) is 0 Å². The van der Waals surface area contributed by atoms with Crippen LogP contribution in [0.3, 0.4) is 0 Å². The lowest BCUT2D eigenvalue weighted by Gasteiger charge is -2.18. The van der Waals surface area contributed by atoms with Crippen molar-refractivity contribution in [1.29, 1.82) is 0 Å².